The number of esters is 1. The van der Waals surface area contributed by atoms with E-state index in [2.05, 4.69) is 16.9 Å². The Morgan fingerprint density at radius 1 is 1.45 bits per heavy atom. The second-order valence-corrected chi connectivity index (χ2v) is 5.67. The standard InChI is InChI=1S/C14H20N2O3S/c1-4-18-9-15-13-12(14(17)19-5-2)10-6-7-16(3)8-11(10)20-13/h9H,4-8H2,1-3H3/b15-9+. The van der Waals surface area contributed by atoms with Crippen molar-refractivity contribution in [3.05, 3.63) is 16.0 Å². The molecule has 0 spiro atoms. The first-order chi connectivity index (χ1) is 9.67. The fraction of sp³-hybridized carbons (Fsp3) is 0.571. The van der Waals surface area contributed by atoms with Gasteiger partial charge in [-0.3, -0.25) is 0 Å². The van der Waals surface area contributed by atoms with Gasteiger partial charge in [-0.05, 0) is 32.9 Å². The van der Waals surface area contributed by atoms with Gasteiger partial charge < -0.3 is 14.4 Å². The molecule has 0 fully saturated rings. The molecule has 0 aliphatic carbocycles. The maximum absolute atomic E-state index is 12.2. The number of hydrogen-bond acceptors (Lipinski definition) is 6. The number of fused-ring (bicyclic) bond motifs is 1. The second kappa shape index (κ2) is 6.85. The van der Waals surface area contributed by atoms with Crippen LogP contribution in [0.5, 0.6) is 0 Å². The van der Waals surface area contributed by atoms with E-state index in [1.165, 1.54) is 11.3 Å². The van der Waals surface area contributed by atoms with Crippen molar-refractivity contribution < 1.29 is 14.3 Å². The molecule has 1 aromatic heterocycles. The fourth-order valence-corrected chi connectivity index (χ4v) is 3.43. The van der Waals surface area contributed by atoms with E-state index >= 15 is 0 Å². The molecule has 0 bridgehead atoms. The average Bonchev–Trinajstić information content (AvgIpc) is 2.76. The van der Waals surface area contributed by atoms with Gasteiger partial charge in [0.2, 0.25) is 0 Å². The van der Waals surface area contributed by atoms with Gasteiger partial charge in [0.25, 0.3) is 0 Å². The zero-order chi connectivity index (χ0) is 14.5. The van der Waals surface area contributed by atoms with E-state index in [0.717, 1.165) is 25.1 Å². The predicted octanol–water partition coefficient (Wildman–Crippen LogP) is 2.61. The molecule has 20 heavy (non-hydrogen) atoms. The number of nitrogens with zero attached hydrogens (tertiary/aromatic N) is 2. The van der Waals surface area contributed by atoms with E-state index in [9.17, 15) is 4.79 Å². The maximum atomic E-state index is 12.2. The van der Waals surface area contributed by atoms with Crippen molar-refractivity contribution in [2.45, 2.75) is 26.8 Å². The highest BCUT2D eigenvalue weighted by molar-refractivity contribution is 7.16. The number of aliphatic imine (C=N–C) groups is 1. The molecule has 1 aliphatic rings. The molecule has 1 aromatic rings. The van der Waals surface area contributed by atoms with E-state index in [1.807, 2.05) is 13.8 Å². The topological polar surface area (TPSA) is 51.1 Å². The maximum Gasteiger partial charge on any atom is 0.341 e. The van der Waals surface area contributed by atoms with E-state index in [-0.39, 0.29) is 5.97 Å². The van der Waals surface area contributed by atoms with Gasteiger partial charge >= 0.3 is 5.97 Å². The van der Waals surface area contributed by atoms with Gasteiger partial charge in [-0.2, -0.15) is 0 Å². The van der Waals surface area contributed by atoms with E-state index in [1.54, 1.807) is 11.3 Å². The molecule has 2 heterocycles. The van der Waals surface area contributed by atoms with Gasteiger partial charge in [-0.1, -0.05) is 0 Å². The van der Waals surface area contributed by atoms with Crippen molar-refractivity contribution in [2.75, 3.05) is 26.8 Å². The summed E-state index contributed by atoms with van der Waals surface area (Å²) in [6.45, 7) is 6.45. The molecule has 0 N–H and O–H groups in total. The highest BCUT2D eigenvalue weighted by Crippen LogP contribution is 2.39. The lowest BCUT2D eigenvalue weighted by atomic mass is 10.0. The molecule has 0 aromatic carbocycles. The van der Waals surface area contributed by atoms with Crippen LogP contribution in [0, 0.1) is 0 Å². The Morgan fingerprint density at radius 3 is 2.95 bits per heavy atom. The van der Waals surface area contributed by atoms with Gasteiger partial charge in [0.1, 0.15) is 10.6 Å². The average molecular weight is 296 g/mol. The molecule has 6 heteroatoms. The number of carbonyl (C=O) groups excluding carboxylic acids is 1. The summed E-state index contributed by atoms with van der Waals surface area (Å²) in [5, 5.41) is 0.692. The molecular weight excluding hydrogens is 276 g/mol. The van der Waals surface area contributed by atoms with E-state index in [4.69, 9.17) is 9.47 Å². The van der Waals surface area contributed by atoms with E-state index in [0.29, 0.717) is 23.8 Å². The summed E-state index contributed by atoms with van der Waals surface area (Å²) in [5.74, 6) is -0.279. The van der Waals surface area contributed by atoms with Crippen LogP contribution in [-0.2, 0) is 22.4 Å². The largest absolute Gasteiger partial charge is 0.483 e. The van der Waals surface area contributed by atoms with Crippen LogP contribution < -0.4 is 0 Å². The minimum absolute atomic E-state index is 0.279. The first-order valence-electron chi connectivity index (χ1n) is 6.81. The molecule has 0 atom stereocenters. The van der Waals surface area contributed by atoms with Crippen LogP contribution in [0.1, 0.15) is 34.6 Å². The van der Waals surface area contributed by atoms with Gasteiger partial charge in [0.05, 0.1) is 13.2 Å². The third-order valence-corrected chi connectivity index (χ3v) is 4.24. The molecule has 1 aliphatic heterocycles. The Bertz CT molecular complexity index is 511. The molecule has 5 nitrogen and oxygen atoms in total. The molecular formula is C14H20N2O3S. The quantitative estimate of drug-likeness (QED) is 0.476. The molecule has 0 saturated carbocycles. The molecule has 0 saturated heterocycles. The van der Waals surface area contributed by atoms with E-state index < -0.39 is 0 Å². The van der Waals surface area contributed by atoms with Crippen LogP contribution in [0.2, 0.25) is 0 Å². The third-order valence-electron chi connectivity index (χ3n) is 3.12. The van der Waals surface area contributed by atoms with Crippen molar-refractivity contribution in [3.63, 3.8) is 0 Å². The Kier molecular flexibility index (Phi) is 5.14. The number of likely N-dealkylation sites (N-methyl/N-ethyl adjacent to an activating group) is 1. The normalized spacial score (nSPS) is 15.3. The van der Waals surface area contributed by atoms with Crippen LogP contribution in [0.4, 0.5) is 5.00 Å². The molecule has 0 radical (unpaired) electrons. The minimum atomic E-state index is -0.279. The number of carbonyl (C=O) groups is 1. The lowest BCUT2D eigenvalue weighted by Crippen LogP contribution is -2.26. The van der Waals surface area contributed by atoms with Crippen molar-refractivity contribution in [2.24, 2.45) is 4.99 Å². The highest BCUT2D eigenvalue weighted by atomic mass is 32.1. The summed E-state index contributed by atoms with van der Waals surface area (Å²) >= 11 is 1.55. The lowest BCUT2D eigenvalue weighted by molar-refractivity contribution is 0.0526. The first kappa shape index (κ1) is 15.0. The van der Waals surface area contributed by atoms with Gasteiger partial charge in [0, 0.05) is 18.0 Å². The third kappa shape index (κ3) is 3.19. The smallest absolute Gasteiger partial charge is 0.341 e. The number of thiophene rings is 1. The van der Waals surface area contributed by atoms with Gasteiger partial charge in [-0.15, -0.1) is 11.3 Å². The molecule has 2 rings (SSSR count). The number of ether oxygens (including phenoxy) is 2. The van der Waals surface area contributed by atoms with Crippen LogP contribution in [-0.4, -0.2) is 44.1 Å². The number of rotatable bonds is 5. The Labute approximate surface area is 123 Å². The summed E-state index contributed by atoms with van der Waals surface area (Å²) in [6.07, 6.45) is 2.27. The molecule has 0 amide bonds. The van der Waals surface area contributed by atoms with Crippen molar-refractivity contribution in [1.29, 1.82) is 0 Å². The summed E-state index contributed by atoms with van der Waals surface area (Å²) in [4.78, 5) is 19.9. The SMILES string of the molecule is CCO/C=N/c1sc2c(c1C(=O)OCC)CCN(C)C2. The monoisotopic (exact) mass is 296 g/mol. The number of hydrogen-bond donors (Lipinski definition) is 0. The van der Waals surface area contributed by atoms with Crippen LogP contribution in [0.3, 0.4) is 0 Å². The molecule has 0 unspecified atom stereocenters. The Morgan fingerprint density at radius 2 is 2.25 bits per heavy atom. The Balaban J connectivity index is 2.36. The lowest BCUT2D eigenvalue weighted by Gasteiger charge is -2.22. The fourth-order valence-electron chi connectivity index (χ4n) is 2.18. The van der Waals surface area contributed by atoms with Gasteiger partial charge in [-0.25, -0.2) is 9.79 Å². The zero-order valence-corrected chi connectivity index (χ0v) is 13.0. The molecule has 110 valence electrons. The van der Waals surface area contributed by atoms with Crippen LogP contribution in [0.15, 0.2) is 4.99 Å². The Hall–Kier alpha value is -1.40. The van der Waals surface area contributed by atoms with Crippen molar-refractivity contribution >= 4 is 28.7 Å². The van der Waals surface area contributed by atoms with Crippen molar-refractivity contribution in [3.8, 4) is 0 Å². The first-order valence-corrected chi connectivity index (χ1v) is 7.63. The second-order valence-electron chi connectivity index (χ2n) is 4.58. The summed E-state index contributed by atoms with van der Waals surface area (Å²) in [7, 11) is 2.08. The van der Waals surface area contributed by atoms with Crippen LogP contribution in [0.25, 0.3) is 0 Å². The summed E-state index contributed by atoms with van der Waals surface area (Å²) < 4.78 is 10.3. The van der Waals surface area contributed by atoms with Crippen LogP contribution >= 0.6 is 11.3 Å². The summed E-state index contributed by atoms with van der Waals surface area (Å²) in [5.41, 5.74) is 1.71. The minimum Gasteiger partial charge on any atom is -0.483 e. The zero-order valence-electron chi connectivity index (χ0n) is 12.1. The summed E-state index contributed by atoms with van der Waals surface area (Å²) in [6, 6.07) is 0. The van der Waals surface area contributed by atoms with Gasteiger partial charge in [0.15, 0.2) is 6.40 Å². The predicted molar refractivity (Wildman–Crippen MR) is 80.1 cm³/mol. The highest BCUT2D eigenvalue weighted by Gasteiger charge is 2.27. The van der Waals surface area contributed by atoms with Crippen molar-refractivity contribution in [1.82, 2.24) is 4.90 Å².